The van der Waals surface area contributed by atoms with Gasteiger partial charge in [-0.25, -0.2) is 8.42 Å². The van der Waals surface area contributed by atoms with Gasteiger partial charge >= 0.3 is 0 Å². The fourth-order valence-corrected chi connectivity index (χ4v) is 5.13. The Morgan fingerprint density at radius 1 is 0.833 bits per heavy atom. The molecular formula is C26H25NO2S. The van der Waals surface area contributed by atoms with E-state index in [-0.39, 0.29) is 0 Å². The molecule has 0 saturated heterocycles. The normalized spacial score (nSPS) is 14.0. The Bertz CT molecular complexity index is 1230. The van der Waals surface area contributed by atoms with Crippen molar-refractivity contribution in [1.29, 1.82) is 0 Å². The van der Waals surface area contributed by atoms with Crippen LogP contribution in [0, 0.1) is 6.92 Å². The Labute approximate surface area is 179 Å². The number of anilines is 1. The quantitative estimate of drug-likeness (QED) is 0.528. The first-order chi connectivity index (χ1) is 14.4. The van der Waals surface area contributed by atoms with Crippen molar-refractivity contribution in [3.05, 3.63) is 113 Å². The van der Waals surface area contributed by atoms with Gasteiger partial charge in [-0.05, 0) is 61.8 Å². The van der Waals surface area contributed by atoms with Crippen LogP contribution in [0.1, 0.15) is 30.5 Å². The van der Waals surface area contributed by atoms with E-state index in [1.807, 2.05) is 75.4 Å². The van der Waals surface area contributed by atoms with Crippen molar-refractivity contribution < 1.29 is 8.42 Å². The number of aryl methyl sites for hydroxylation is 1. The minimum atomic E-state index is -3.72. The first-order valence-corrected chi connectivity index (χ1v) is 11.4. The highest BCUT2D eigenvalue weighted by Gasteiger charge is 2.30. The van der Waals surface area contributed by atoms with Gasteiger partial charge in [0.05, 0.1) is 17.1 Å². The van der Waals surface area contributed by atoms with Gasteiger partial charge in [-0.15, -0.1) is 0 Å². The number of hydrogen-bond donors (Lipinski definition) is 0. The molecule has 0 amide bonds. The zero-order valence-electron chi connectivity index (χ0n) is 17.5. The van der Waals surface area contributed by atoms with E-state index in [4.69, 9.17) is 0 Å². The summed E-state index contributed by atoms with van der Waals surface area (Å²) >= 11 is 0. The number of para-hydroxylation sites is 1. The van der Waals surface area contributed by atoms with Crippen LogP contribution in [0.5, 0.6) is 0 Å². The minimum absolute atomic E-state index is 0.298. The molecule has 0 saturated carbocycles. The van der Waals surface area contributed by atoms with Crippen LogP contribution in [-0.4, -0.2) is 15.0 Å². The molecule has 0 unspecified atom stereocenters. The number of hydrogen-bond acceptors (Lipinski definition) is 2. The zero-order valence-corrected chi connectivity index (χ0v) is 18.3. The molecule has 1 aliphatic heterocycles. The Morgan fingerprint density at radius 2 is 1.47 bits per heavy atom. The topological polar surface area (TPSA) is 37.4 Å². The molecule has 3 aromatic carbocycles. The van der Waals surface area contributed by atoms with Crippen molar-refractivity contribution in [2.45, 2.75) is 25.7 Å². The first-order valence-electron chi connectivity index (χ1n) is 10.0. The smallest absolute Gasteiger partial charge is 0.261 e. The fraction of sp³-hybridized carbons (Fsp3) is 0.154. The highest BCUT2D eigenvalue weighted by atomic mass is 32.2. The predicted molar refractivity (Wildman–Crippen MR) is 124 cm³/mol. The number of allylic oxidation sites excluding steroid dienone is 1. The maximum Gasteiger partial charge on any atom is 0.264 e. The van der Waals surface area contributed by atoms with Crippen LogP contribution >= 0.6 is 0 Å². The van der Waals surface area contributed by atoms with E-state index >= 15 is 0 Å². The molecule has 4 rings (SSSR count). The summed E-state index contributed by atoms with van der Waals surface area (Å²) in [6.07, 6.45) is 2.13. The minimum Gasteiger partial charge on any atom is -0.261 e. The van der Waals surface area contributed by atoms with Crippen LogP contribution in [0.3, 0.4) is 0 Å². The van der Waals surface area contributed by atoms with Gasteiger partial charge in [0.1, 0.15) is 0 Å². The summed E-state index contributed by atoms with van der Waals surface area (Å²) in [5, 5.41) is 0. The molecule has 0 aromatic heterocycles. The van der Waals surface area contributed by atoms with E-state index in [0.29, 0.717) is 17.1 Å². The summed E-state index contributed by atoms with van der Waals surface area (Å²) in [6.45, 7) is 6.31. The maximum atomic E-state index is 13.7. The maximum absolute atomic E-state index is 13.7. The fourth-order valence-electron chi connectivity index (χ4n) is 3.67. The van der Waals surface area contributed by atoms with Gasteiger partial charge in [0.25, 0.3) is 10.0 Å². The lowest BCUT2D eigenvalue weighted by Gasteiger charge is -2.26. The van der Waals surface area contributed by atoms with Crippen LogP contribution in [0.15, 0.2) is 101 Å². The van der Waals surface area contributed by atoms with Crippen molar-refractivity contribution in [3.63, 3.8) is 0 Å². The number of fused-ring (bicyclic) bond motifs is 1. The van der Waals surface area contributed by atoms with Crippen molar-refractivity contribution in [2.75, 3.05) is 10.8 Å². The SMILES string of the molecule is CC(C)=C1C=C(c2ccccc2)c2ccccc2N(S(=O)(=O)c2ccc(C)cc2)C1. The Kier molecular flexibility index (Phi) is 5.35. The molecule has 3 nitrogen and oxygen atoms in total. The van der Waals surface area contributed by atoms with E-state index in [2.05, 4.69) is 18.2 Å². The van der Waals surface area contributed by atoms with Gasteiger partial charge in [-0.3, -0.25) is 4.31 Å². The van der Waals surface area contributed by atoms with Crippen molar-refractivity contribution >= 4 is 21.3 Å². The second kappa shape index (κ2) is 7.96. The average Bonchev–Trinajstić information content (AvgIpc) is 2.93. The average molecular weight is 416 g/mol. The number of nitrogens with zero attached hydrogens (tertiary/aromatic N) is 1. The van der Waals surface area contributed by atoms with Crippen LogP contribution in [0.2, 0.25) is 0 Å². The van der Waals surface area contributed by atoms with E-state index in [0.717, 1.165) is 33.4 Å². The molecule has 0 N–H and O–H groups in total. The van der Waals surface area contributed by atoms with E-state index < -0.39 is 10.0 Å². The highest BCUT2D eigenvalue weighted by Crippen LogP contribution is 2.39. The molecule has 0 aliphatic carbocycles. The standard InChI is InChI=1S/C26H25NO2S/c1-19(2)22-17-25(21-9-5-4-6-10-21)24-11-7-8-12-26(24)27(18-22)30(28,29)23-15-13-20(3)14-16-23/h4-17H,18H2,1-3H3. The summed E-state index contributed by atoms with van der Waals surface area (Å²) in [6, 6.07) is 24.9. The third kappa shape index (κ3) is 3.71. The van der Waals surface area contributed by atoms with Gasteiger partial charge in [0, 0.05) is 5.56 Å². The molecule has 1 heterocycles. The van der Waals surface area contributed by atoms with Crippen molar-refractivity contribution in [1.82, 2.24) is 0 Å². The highest BCUT2D eigenvalue weighted by molar-refractivity contribution is 7.92. The third-order valence-corrected chi connectivity index (χ3v) is 7.21. The van der Waals surface area contributed by atoms with Gasteiger partial charge in [0.15, 0.2) is 0 Å². The van der Waals surface area contributed by atoms with Crippen molar-refractivity contribution in [3.8, 4) is 0 Å². The van der Waals surface area contributed by atoms with E-state index in [1.165, 1.54) is 0 Å². The number of benzene rings is 3. The lowest BCUT2D eigenvalue weighted by atomic mass is 9.95. The summed E-state index contributed by atoms with van der Waals surface area (Å²) < 4.78 is 29.0. The Morgan fingerprint density at radius 3 is 2.13 bits per heavy atom. The predicted octanol–water partition coefficient (Wildman–Crippen LogP) is 5.97. The molecule has 0 atom stereocenters. The summed E-state index contributed by atoms with van der Waals surface area (Å²) in [7, 11) is -3.72. The van der Waals surface area contributed by atoms with Crippen molar-refractivity contribution in [2.24, 2.45) is 0 Å². The molecule has 4 heteroatoms. The molecule has 0 bridgehead atoms. The molecule has 152 valence electrons. The van der Waals surface area contributed by atoms with Gasteiger partial charge in [-0.1, -0.05) is 71.8 Å². The number of rotatable bonds is 3. The lowest BCUT2D eigenvalue weighted by molar-refractivity contribution is 0.592. The molecular weight excluding hydrogens is 390 g/mol. The summed E-state index contributed by atoms with van der Waals surface area (Å²) in [4.78, 5) is 0.305. The second-order valence-electron chi connectivity index (χ2n) is 7.79. The summed E-state index contributed by atoms with van der Waals surface area (Å²) in [5.41, 5.74) is 6.84. The first kappa shape index (κ1) is 20.2. The van der Waals surface area contributed by atoms with Crippen LogP contribution < -0.4 is 4.31 Å². The lowest BCUT2D eigenvalue weighted by Crippen LogP contribution is -2.33. The Balaban J connectivity index is 1.95. The molecule has 1 aliphatic rings. The van der Waals surface area contributed by atoms with E-state index in [1.54, 1.807) is 16.4 Å². The van der Waals surface area contributed by atoms with Crippen LogP contribution in [0.25, 0.3) is 5.57 Å². The van der Waals surface area contributed by atoms with Gasteiger partial charge in [0.2, 0.25) is 0 Å². The van der Waals surface area contributed by atoms with Gasteiger partial charge in [-0.2, -0.15) is 0 Å². The molecule has 30 heavy (non-hydrogen) atoms. The largest absolute Gasteiger partial charge is 0.264 e. The number of sulfonamides is 1. The van der Waals surface area contributed by atoms with Crippen LogP contribution in [-0.2, 0) is 10.0 Å². The second-order valence-corrected chi connectivity index (χ2v) is 9.65. The molecule has 0 spiro atoms. The molecule has 0 fully saturated rings. The van der Waals surface area contributed by atoms with Gasteiger partial charge < -0.3 is 0 Å². The molecule has 3 aromatic rings. The monoisotopic (exact) mass is 415 g/mol. The van der Waals surface area contributed by atoms with E-state index in [9.17, 15) is 8.42 Å². The third-order valence-electron chi connectivity index (χ3n) is 5.43. The summed E-state index contributed by atoms with van der Waals surface area (Å²) in [5.74, 6) is 0. The van der Waals surface area contributed by atoms with Crippen LogP contribution in [0.4, 0.5) is 5.69 Å². The Hall–Kier alpha value is -3.11. The molecule has 0 radical (unpaired) electrons. The zero-order chi connectivity index (χ0) is 21.3.